The van der Waals surface area contributed by atoms with Gasteiger partial charge in [0.05, 0.1) is 19.8 Å². The molecule has 0 saturated carbocycles. The molecule has 25 heavy (non-hydrogen) atoms. The van der Waals surface area contributed by atoms with Crippen LogP contribution in [0.3, 0.4) is 0 Å². The highest BCUT2D eigenvalue weighted by Gasteiger charge is 2.25. The Kier molecular flexibility index (Phi) is 5.10. The summed E-state index contributed by atoms with van der Waals surface area (Å²) >= 11 is 0. The second-order valence-electron chi connectivity index (χ2n) is 7.07. The first-order valence-electron chi connectivity index (χ1n) is 9.03. The van der Waals surface area contributed by atoms with Gasteiger partial charge in [-0.25, -0.2) is 9.37 Å². The molecule has 1 aromatic heterocycles. The molecule has 2 aliphatic rings. The van der Waals surface area contributed by atoms with E-state index in [0.717, 1.165) is 70.4 Å². The molecule has 134 valence electrons. The van der Waals surface area contributed by atoms with E-state index in [-0.39, 0.29) is 5.82 Å². The molecule has 0 bridgehead atoms. The van der Waals surface area contributed by atoms with Crippen LogP contribution in [-0.2, 0) is 24.4 Å². The van der Waals surface area contributed by atoms with Crippen molar-refractivity contribution < 1.29 is 9.13 Å². The summed E-state index contributed by atoms with van der Waals surface area (Å²) in [4.78, 5) is 9.41. The van der Waals surface area contributed by atoms with Crippen molar-refractivity contribution in [1.82, 2.24) is 19.4 Å². The van der Waals surface area contributed by atoms with Crippen LogP contribution in [0.1, 0.15) is 11.4 Å². The van der Waals surface area contributed by atoms with E-state index in [2.05, 4.69) is 25.5 Å². The lowest BCUT2D eigenvalue weighted by Gasteiger charge is -2.31. The molecule has 0 spiro atoms. The first-order chi connectivity index (χ1) is 12.3. The van der Waals surface area contributed by atoms with Crippen molar-refractivity contribution in [2.24, 2.45) is 5.92 Å². The Morgan fingerprint density at radius 2 is 2.04 bits per heavy atom. The van der Waals surface area contributed by atoms with E-state index in [1.165, 1.54) is 6.07 Å². The molecule has 0 radical (unpaired) electrons. The smallest absolute Gasteiger partial charge is 0.123 e. The number of fused-ring (bicyclic) bond motifs is 1. The van der Waals surface area contributed by atoms with Gasteiger partial charge in [-0.1, -0.05) is 12.1 Å². The van der Waals surface area contributed by atoms with Gasteiger partial charge in [0.1, 0.15) is 11.6 Å². The second kappa shape index (κ2) is 7.64. The van der Waals surface area contributed by atoms with Crippen molar-refractivity contribution in [3.63, 3.8) is 0 Å². The van der Waals surface area contributed by atoms with Gasteiger partial charge in [0.15, 0.2) is 0 Å². The van der Waals surface area contributed by atoms with E-state index in [9.17, 15) is 4.39 Å². The molecule has 6 heteroatoms. The first-order valence-corrected chi connectivity index (χ1v) is 9.03. The van der Waals surface area contributed by atoms with Crippen molar-refractivity contribution in [2.45, 2.75) is 19.6 Å². The number of imidazole rings is 1. The molecular formula is C19H25FN4O. The lowest BCUT2D eigenvalue weighted by molar-refractivity contribution is 0.0265. The Morgan fingerprint density at radius 3 is 2.88 bits per heavy atom. The summed E-state index contributed by atoms with van der Waals surface area (Å²) in [5, 5.41) is 0. The fraction of sp³-hybridized carbons (Fsp3) is 0.526. The highest BCUT2D eigenvalue weighted by molar-refractivity contribution is 5.16. The van der Waals surface area contributed by atoms with Crippen LogP contribution in [0.4, 0.5) is 4.39 Å². The third kappa shape index (κ3) is 4.26. The molecule has 1 atom stereocenters. The Bertz CT molecular complexity index is 698. The molecule has 2 aromatic rings. The molecule has 1 fully saturated rings. The molecule has 0 aliphatic carbocycles. The maximum atomic E-state index is 13.5. The Morgan fingerprint density at radius 1 is 1.16 bits per heavy atom. The van der Waals surface area contributed by atoms with Crippen LogP contribution in [0.15, 0.2) is 36.7 Å². The van der Waals surface area contributed by atoms with Gasteiger partial charge >= 0.3 is 0 Å². The van der Waals surface area contributed by atoms with E-state index in [1.807, 2.05) is 12.3 Å². The van der Waals surface area contributed by atoms with Gasteiger partial charge in [-0.3, -0.25) is 9.80 Å². The highest BCUT2D eigenvalue weighted by Crippen LogP contribution is 2.19. The minimum Gasteiger partial charge on any atom is -0.379 e. The van der Waals surface area contributed by atoms with E-state index < -0.39 is 0 Å². The average Bonchev–Trinajstić information content (AvgIpc) is 2.96. The van der Waals surface area contributed by atoms with Crippen LogP contribution < -0.4 is 0 Å². The van der Waals surface area contributed by atoms with Gasteiger partial charge in [-0.2, -0.15) is 0 Å². The third-order valence-corrected chi connectivity index (χ3v) is 5.05. The van der Waals surface area contributed by atoms with Crippen LogP contribution in [0, 0.1) is 11.7 Å². The van der Waals surface area contributed by atoms with Crippen molar-refractivity contribution in [1.29, 1.82) is 0 Å². The lowest BCUT2D eigenvalue weighted by Crippen LogP contribution is -2.42. The van der Waals surface area contributed by atoms with E-state index >= 15 is 0 Å². The highest BCUT2D eigenvalue weighted by atomic mass is 19.1. The number of halogens is 1. The molecule has 4 rings (SSSR count). The maximum absolute atomic E-state index is 13.5. The monoisotopic (exact) mass is 344 g/mol. The Labute approximate surface area is 148 Å². The molecule has 0 unspecified atom stereocenters. The maximum Gasteiger partial charge on any atom is 0.123 e. The number of hydrogen-bond acceptors (Lipinski definition) is 4. The molecule has 1 aromatic carbocycles. The van der Waals surface area contributed by atoms with Crippen LogP contribution in [0.2, 0.25) is 0 Å². The Hall–Kier alpha value is -1.76. The van der Waals surface area contributed by atoms with Crippen molar-refractivity contribution in [3.8, 4) is 0 Å². The number of ether oxygens (including phenoxy) is 1. The third-order valence-electron chi connectivity index (χ3n) is 5.05. The SMILES string of the molecule is Fc1cccc(CN2Cc3nccn3C[C@H](CN3CCOCC3)C2)c1. The standard InChI is InChI=1S/C19H25FN4O/c20-18-3-1-2-16(10-18)11-23-13-17(12-22-6-8-25-9-7-22)14-24-5-4-21-19(24)15-23/h1-5,10,17H,6-9,11-15H2/t17-/m1/s1. The summed E-state index contributed by atoms with van der Waals surface area (Å²) in [5.74, 6) is 1.46. The summed E-state index contributed by atoms with van der Waals surface area (Å²) in [6, 6.07) is 6.92. The summed E-state index contributed by atoms with van der Waals surface area (Å²) in [5.41, 5.74) is 1.02. The largest absolute Gasteiger partial charge is 0.379 e. The topological polar surface area (TPSA) is 33.5 Å². The number of morpholine rings is 1. The predicted molar refractivity (Wildman–Crippen MR) is 93.5 cm³/mol. The molecule has 1 saturated heterocycles. The van der Waals surface area contributed by atoms with Gasteiger partial charge < -0.3 is 9.30 Å². The van der Waals surface area contributed by atoms with Gasteiger partial charge in [0.2, 0.25) is 0 Å². The zero-order valence-corrected chi connectivity index (χ0v) is 14.5. The first kappa shape index (κ1) is 16.7. The van der Waals surface area contributed by atoms with Gasteiger partial charge in [-0.05, 0) is 17.7 Å². The van der Waals surface area contributed by atoms with Crippen LogP contribution >= 0.6 is 0 Å². The fourth-order valence-electron chi connectivity index (χ4n) is 3.90. The second-order valence-corrected chi connectivity index (χ2v) is 7.07. The lowest BCUT2D eigenvalue weighted by atomic mass is 10.1. The van der Waals surface area contributed by atoms with E-state index in [1.54, 1.807) is 12.1 Å². The number of aromatic nitrogens is 2. The van der Waals surface area contributed by atoms with Crippen LogP contribution in [0.5, 0.6) is 0 Å². The van der Waals surface area contributed by atoms with Crippen molar-refractivity contribution >= 4 is 0 Å². The van der Waals surface area contributed by atoms with Gasteiger partial charge in [0, 0.05) is 57.6 Å². The molecule has 2 aliphatic heterocycles. The van der Waals surface area contributed by atoms with Gasteiger partial charge in [0.25, 0.3) is 0 Å². The molecule has 5 nitrogen and oxygen atoms in total. The minimum absolute atomic E-state index is 0.168. The van der Waals surface area contributed by atoms with E-state index in [4.69, 9.17) is 4.74 Å². The number of benzene rings is 1. The van der Waals surface area contributed by atoms with Gasteiger partial charge in [-0.15, -0.1) is 0 Å². The normalized spacial score (nSPS) is 22.5. The quantitative estimate of drug-likeness (QED) is 0.849. The number of hydrogen-bond donors (Lipinski definition) is 0. The number of rotatable bonds is 4. The molecule has 3 heterocycles. The summed E-state index contributed by atoms with van der Waals surface area (Å²) in [6.07, 6.45) is 3.96. The fourth-order valence-corrected chi connectivity index (χ4v) is 3.90. The minimum atomic E-state index is -0.168. The molecule has 0 amide bonds. The van der Waals surface area contributed by atoms with Crippen molar-refractivity contribution in [2.75, 3.05) is 39.4 Å². The Balaban J connectivity index is 1.48. The summed E-state index contributed by atoms with van der Waals surface area (Å²) in [6.45, 7) is 8.30. The molecule has 0 N–H and O–H groups in total. The zero-order chi connectivity index (χ0) is 17.1. The molecular weight excluding hydrogens is 319 g/mol. The van der Waals surface area contributed by atoms with E-state index in [0.29, 0.717) is 5.92 Å². The number of nitrogens with zero attached hydrogens (tertiary/aromatic N) is 4. The average molecular weight is 344 g/mol. The summed E-state index contributed by atoms with van der Waals surface area (Å²) in [7, 11) is 0. The predicted octanol–water partition coefficient (Wildman–Crippen LogP) is 1.99. The summed E-state index contributed by atoms with van der Waals surface area (Å²) < 4.78 is 21.3. The zero-order valence-electron chi connectivity index (χ0n) is 14.5. The van der Waals surface area contributed by atoms with Crippen molar-refractivity contribution in [3.05, 3.63) is 53.9 Å². The van der Waals surface area contributed by atoms with Crippen LogP contribution in [0.25, 0.3) is 0 Å². The van der Waals surface area contributed by atoms with Crippen LogP contribution in [-0.4, -0.2) is 58.7 Å².